The third kappa shape index (κ3) is 4.21. The summed E-state index contributed by atoms with van der Waals surface area (Å²) < 4.78 is 25.5. The van der Waals surface area contributed by atoms with Crippen LogP contribution in [0.3, 0.4) is 0 Å². The molecule has 4 rings (SSSR count). The van der Waals surface area contributed by atoms with Crippen molar-refractivity contribution >= 4 is 22.2 Å². The molecule has 148 valence electrons. The number of rotatable bonds is 4. The highest BCUT2D eigenvalue weighted by molar-refractivity contribution is 7.91. The van der Waals surface area contributed by atoms with Crippen molar-refractivity contribution in [2.75, 3.05) is 24.6 Å². The van der Waals surface area contributed by atoms with Crippen LogP contribution in [0.25, 0.3) is 0 Å². The molecule has 1 unspecified atom stereocenters. The van der Waals surface area contributed by atoms with E-state index < -0.39 is 15.4 Å². The lowest BCUT2D eigenvalue weighted by molar-refractivity contribution is 0.317. The first-order chi connectivity index (χ1) is 12.3. The molecular weight excluding hydrogens is 384 g/mol. The van der Waals surface area contributed by atoms with Crippen LogP contribution in [0.5, 0.6) is 0 Å². The summed E-state index contributed by atoms with van der Waals surface area (Å²) in [5, 5.41) is 4.47. The standard InChI is InChI=1S/C19H26N4O2S.ClH/c1-19(7-8-26(24,25)14-19)23-11-15(9-21-23)10-22-12-17(18(20)13-22)16-5-3-2-4-6-16;/h2-6,9,11,17-18H,7-8,10,12-14,20H2,1H3;1H/t17-,18+,19?;/m0./s1. The summed E-state index contributed by atoms with van der Waals surface area (Å²) in [4.78, 5) is 2.36. The molecule has 2 aliphatic heterocycles. The second-order valence-electron chi connectivity index (χ2n) is 8.01. The van der Waals surface area contributed by atoms with Crippen LogP contribution in [-0.2, 0) is 21.9 Å². The van der Waals surface area contributed by atoms with Crippen molar-refractivity contribution in [3.05, 3.63) is 53.9 Å². The molecule has 2 saturated heterocycles. The summed E-state index contributed by atoms with van der Waals surface area (Å²) in [5.41, 5.74) is 8.36. The summed E-state index contributed by atoms with van der Waals surface area (Å²) in [6, 6.07) is 10.6. The van der Waals surface area contributed by atoms with Crippen LogP contribution in [0.15, 0.2) is 42.7 Å². The minimum Gasteiger partial charge on any atom is -0.326 e. The number of hydrogen-bond donors (Lipinski definition) is 1. The first-order valence-electron chi connectivity index (χ1n) is 9.12. The second-order valence-corrected chi connectivity index (χ2v) is 10.2. The lowest BCUT2D eigenvalue weighted by atomic mass is 9.95. The topological polar surface area (TPSA) is 81.2 Å². The first-order valence-corrected chi connectivity index (χ1v) is 10.9. The van der Waals surface area contributed by atoms with E-state index in [0.29, 0.717) is 12.3 Å². The Bertz CT molecular complexity index is 886. The molecule has 6 nitrogen and oxygen atoms in total. The molecule has 2 aliphatic rings. The number of nitrogens with two attached hydrogens (primary N) is 1. The molecule has 3 heterocycles. The monoisotopic (exact) mass is 410 g/mol. The normalized spacial score (nSPS) is 30.3. The van der Waals surface area contributed by atoms with Crippen molar-refractivity contribution in [1.82, 2.24) is 14.7 Å². The number of hydrogen-bond acceptors (Lipinski definition) is 5. The summed E-state index contributed by atoms with van der Waals surface area (Å²) >= 11 is 0. The molecule has 0 saturated carbocycles. The lowest BCUT2D eigenvalue weighted by Gasteiger charge is -2.22. The van der Waals surface area contributed by atoms with Gasteiger partial charge in [0.05, 0.1) is 23.2 Å². The highest BCUT2D eigenvalue weighted by Crippen LogP contribution is 2.31. The number of aromatic nitrogens is 2. The van der Waals surface area contributed by atoms with Crippen LogP contribution in [0.1, 0.15) is 30.4 Å². The van der Waals surface area contributed by atoms with Gasteiger partial charge in [0.2, 0.25) is 0 Å². The number of sulfone groups is 1. The van der Waals surface area contributed by atoms with E-state index in [9.17, 15) is 8.42 Å². The number of benzene rings is 1. The molecule has 8 heteroatoms. The molecule has 1 aromatic heterocycles. The molecule has 0 aliphatic carbocycles. The van der Waals surface area contributed by atoms with E-state index in [1.807, 2.05) is 30.1 Å². The average molecular weight is 411 g/mol. The minimum absolute atomic E-state index is 0. The Kier molecular flexibility index (Phi) is 5.68. The predicted molar refractivity (Wildman–Crippen MR) is 109 cm³/mol. The third-order valence-corrected chi connectivity index (χ3v) is 7.63. The molecule has 3 atom stereocenters. The summed E-state index contributed by atoms with van der Waals surface area (Å²) in [6.45, 7) is 4.56. The van der Waals surface area contributed by atoms with Crippen LogP contribution >= 0.6 is 12.4 Å². The van der Waals surface area contributed by atoms with Crippen LogP contribution in [0, 0.1) is 0 Å². The summed E-state index contributed by atoms with van der Waals surface area (Å²) in [5.74, 6) is 0.772. The van der Waals surface area contributed by atoms with Crippen LogP contribution in [-0.4, -0.2) is 53.7 Å². The Morgan fingerprint density at radius 1 is 1.26 bits per heavy atom. The molecule has 2 aromatic rings. The zero-order valence-electron chi connectivity index (χ0n) is 15.5. The van der Waals surface area contributed by atoms with Gasteiger partial charge in [-0.3, -0.25) is 9.58 Å². The van der Waals surface area contributed by atoms with Crippen LogP contribution in [0.2, 0.25) is 0 Å². The molecule has 0 radical (unpaired) electrons. The van der Waals surface area contributed by atoms with Crippen molar-refractivity contribution in [2.45, 2.75) is 37.4 Å². The Morgan fingerprint density at radius 2 is 2.00 bits per heavy atom. The molecule has 2 N–H and O–H groups in total. The quantitative estimate of drug-likeness (QED) is 0.830. The zero-order chi connectivity index (χ0) is 18.4. The fourth-order valence-electron chi connectivity index (χ4n) is 4.26. The van der Waals surface area contributed by atoms with Crippen molar-refractivity contribution in [2.24, 2.45) is 5.73 Å². The zero-order valence-corrected chi connectivity index (χ0v) is 17.1. The van der Waals surface area contributed by atoms with Gasteiger partial charge < -0.3 is 5.73 Å². The van der Waals surface area contributed by atoms with Gasteiger partial charge in [-0.1, -0.05) is 30.3 Å². The molecule has 2 fully saturated rings. The maximum absolute atomic E-state index is 11.8. The van der Waals surface area contributed by atoms with Gasteiger partial charge in [-0.15, -0.1) is 12.4 Å². The van der Waals surface area contributed by atoms with E-state index in [1.54, 1.807) is 0 Å². The van der Waals surface area contributed by atoms with Gasteiger partial charge in [-0.05, 0) is 18.9 Å². The fraction of sp³-hybridized carbons (Fsp3) is 0.526. The summed E-state index contributed by atoms with van der Waals surface area (Å²) in [7, 11) is -2.95. The summed E-state index contributed by atoms with van der Waals surface area (Å²) in [6.07, 6.45) is 4.49. The van der Waals surface area contributed by atoms with Crippen molar-refractivity contribution in [3.63, 3.8) is 0 Å². The van der Waals surface area contributed by atoms with Gasteiger partial charge in [0.25, 0.3) is 0 Å². The first kappa shape index (κ1) is 20.3. The smallest absolute Gasteiger partial charge is 0.152 e. The molecular formula is C19H27ClN4O2S. The number of likely N-dealkylation sites (tertiary alicyclic amines) is 1. The van der Waals surface area contributed by atoms with Gasteiger partial charge >= 0.3 is 0 Å². The van der Waals surface area contributed by atoms with Gasteiger partial charge in [0.15, 0.2) is 9.84 Å². The highest BCUT2D eigenvalue weighted by atomic mass is 35.5. The Balaban J connectivity index is 0.00000210. The van der Waals surface area contributed by atoms with Crippen LogP contribution in [0.4, 0.5) is 0 Å². The van der Waals surface area contributed by atoms with Crippen molar-refractivity contribution < 1.29 is 8.42 Å². The molecule has 0 bridgehead atoms. The van der Waals surface area contributed by atoms with Crippen molar-refractivity contribution in [1.29, 1.82) is 0 Å². The Labute approximate surface area is 167 Å². The second kappa shape index (κ2) is 7.54. The van der Waals surface area contributed by atoms with Crippen molar-refractivity contribution in [3.8, 4) is 0 Å². The number of halogens is 1. The maximum Gasteiger partial charge on any atom is 0.152 e. The molecule has 0 spiro atoms. The Hall–Kier alpha value is -1.41. The Morgan fingerprint density at radius 3 is 2.67 bits per heavy atom. The highest BCUT2D eigenvalue weighted by Gasteiger charge is 2.40. The average Bonchev–Trinajstić information content (AvgIpc) is 3.28. The van der Waals surface area contributed by atoms with Crippen LogP contribution < -0.4 is 5.73 Å². The predicted octanol–water partition coefficient (Wildman–Crippen LogP) is 1.77. The minimum atomic E-state index is -2.95. The van der Waals surface area contributed by atoms with Gasteiger partial charge in [0, 0.05) is 43.4 Å². The maximum atomic E-state index is 11.8. The van der Waals surface area contributed by atoms with E-state index in [2.05, 4.69) is 34.3 Å². The number of nitrogens with zero attached hydrogens (tertiary/aromatic N) is 3. The fourth-order valence-corrected chi connectivity index (χ4v) is 6.38. The lowest BCUT2D eigenvalue weighted by Crippen LogP contribution is -2.31. The van der Waals surface area contributed by atoms with E-state index >= 15 is 0 Å². The molecule has 27 heavy (non-hydrogen) atoms. The third-order valence-electron chi connectivity index (χ3n) is 5.75. The van der Waals surface area contributed by atoms with E-state index in [0.717, 1.165) is 25.2 Å². The SMILES string of the molecule is CC1(n2cc(CN3C[C@@H](N)[C@H](c4ccccc4)C3)cn2)CCS(=O)(=O)C1.Cl. The molecule has 0 amide bonds. The van der Waals surface area contributed by atoms with E-state index in [-0.39, 0.29) is 30.0 Å². The van der Waals surface area contributed by atoms with Gasteiger partial charge in [-0.25, -0.2) is 8.42 Å². The van der Waals surface area contributed by atoms with E-state index in [1.165, 1.54) is 5.56 Å². The van der Waals surface area contributed by atoms with E-state index in [4.69, 9.17) is 5.73 Å². The largest absolute Gasteiger partial charge is 0.326 e. The molecule has 1 aromatic carbocycles. The van der Waals surface area contributed by atoms with Gasteiger partial charge in [-0.2, -0.15) is 5.10 Å². The van der Waals surface area contributed by atoms with Gasteiger partial charge in [0.1, 0.15) is 0 Å².